The molecule has 0 aliphatic heterocycles. The molecule has 0 radical (unpaired) electrons. The van der Waals surface area contributed by atoms with E-state index in [-0.39, 0.29) is 28.5 Å². The Morgan fingerprint density at radius 2 is 2.15 bits per heavy atom. The molecule has 0 atom stereocenters. The van der Waals surface area contributed by atoms with E-state index in [1.807, 2.05) is 0 Å². The van der Waals surface area contributed by atoms with Gasteiger partial charge in [-0.3, -0.25) is 4.79 Å². The van der Waals surface area contributed by atoms with E-state index in [4.69, 9.17) is 5.11 Å². The smallest absolute Gasteiger partial charge is 0.267 e. The number of hydrogen-bond acceptors (Lipinski definition) is 4. The van der Waals surface area contributed by atoms with Crippen molar-refractivity contribution in [1.29, 1.82) is 0 Å². The Labute approximate surface area is 118 Å². The fraction of sp³-hybridized carbons (Fsp3) is 0.583. The summed E-state index contributed by atoms with van der Waals surface area (Å²) in [7, 11) is -0.518. The van der Waals surface area contributed by atoms with Crippen molar-refractivity contribution >= 4 is 15.9 Å². The zero-order chi connectivity index (χ0) is 14.9. The maximum absolute atomic E-state index is 12.1. The second-order valence-corrected chi connectivity index (χ2v) is 6.86. The summed E-state index contributed by atoms with van der Waals surface area (Å²) < 4.78 is 28.2. The molecule has 2 rings (SSSR count). The minimum Gasteiger partial charge on any atom is -0.393 e. The van der Waals surface area contributed by atoms with E-state index in [2.05, 4.69) is 10.0 Å². The number of sulfonamides is 1. The predicted molar refractivity (Wildman–Crippen MR) is 72.7 cm³/mol. The summed E-state index contributed by atoms with van der Waals surface area (Å²) in [6, 6.07) is 1.34. The number of nitrogens with zero attached hydrogens (tertiary/aromatic N) is 1. The number of aliphatic hydroxyl groups is 1. The first-order valence-electron chi connectivity index (χ1n) is 6.39. The van der Waals surface area contributed by atoms with Crippen LogP contribution in [0.25, 0.3) is 0 Å². The van der Waals surface area contributed by atoms with Crippen LogP contribution in [-0.2, 0) is 17.1 Å². The van der Waals surface area contributed by atoms with Gasteiger partial charge in [-0.05, 0) is 24.8 Å². The van der Waals surface area contributed by atoms with Gasteiger partial charge in [0.15, 0.2) is 0 Å². The number of aliphatic hydroxyl groups excluding tert-OH is 1. The average Bonchev–Trinajstić information content (AvgIpc) is 2.75. The molecule has 20 heavy (non-hydrogen) atoms. The van der Waals surface area contributed by atoms with Crippen molar-refractivity contribution in [2.24, 2.45) is 13.0 Å². The first-order chi connectivity index (χ1) is 9.33. The van der Waals surface area contributed by atoms with Gasteiger partial charge in [-0.25, -0.2) is 13.1 Å². The molecule has 0 aromatic carbocycles. The Morgan fingerprint density at radius 1 is 1.50 bits per heavy atom. The predicted octanol–water partition coefficient (Wildman–Crippen LogP) is -0.566. The number of hydrogen-bond donors (Lipinski definition) is 3. The SMILES string of the molecule is CNC(=O)c1cc(S(=O)(=O)NCC2CC(O)C2)cn1C. The van der Waals surface area contributed by atoms with Gasteiger partial charge < -0.3 is 15.0 Å². The first-order valence-corrected chi connectivity index (χ1v) is 7.88. The second kappa shape index (κ2) is 5.55. The van der Waals surface area contributed by atoms with Gasteiger partial charge >= 0.3 is 0 Å². The summed E-state index contributed by atoms with van der Waals surface area (Å²) in [5, 5.41) is 11.6. The second-order valence-electron chi connectivity index (χ2n) is 5.09. The van der Waals surface area contributed by atoms with Crippen molar-refractivity contribution in [3.05, 3.63) is 18.0 Å². The Balaban J connectivity index is 2.07. The van der Waals surface area contributed by atoms with Crippen molar-refractivity contribution < 1.29 is 18.3 Å². The van der Waals surface area contributed by atoms with Crippen molar-refractivity contribution in [2.45, 2.75) is 23.8 Å². The summed E-state index contributed by atoms with van der Waals surface area (Å²) in [5.74, 6) is -0.155. The molecule has 8 heteroatoms. The topological polar surface area (TPSA) is 100 Å². The van der Waals surface area contributed by atoms with E-state index < -0.39 is 10.0 Å². The van der Waals surface area contributed by atoms with Gasteiger partial charge in [-0.1, -0.05) is 0 Å². The van der Waals surface area contributed by atoms with Crippen LogP contribution in [0.4, 0.5) is 0 Å². The summed E-state index contributed by atoms with van der Waals surface area (Å²) in [4.78, 5) is 11.6. The lowest BCUT2D eigenvalue weighted by atomic mass is 9.83. The number of carbonyl (C=O) groups excluding carboxylic acids is 1. The largest absolute Gasteiger partial charge is 0.393 e. The Kier molecular flexibility index (Phi) is 4.17. The van der Waals surface area contributed by atoms with E-state index >= 15 is 0 Å². The van der Waals surface area contributed by atoms with Crippen LogP contribution < -0.4 is 10.0 Å². The summed E-state index contributed by atoms with van der Waals surface area (Å²) in [6.45, 7) is 0.309. The van der Waals surface area contributed by atoms with Crippen LogP contribution in [-0.4, -0.2) is 43.7 Å². The van der Waals surface area contributed by atoms with E-state index in [0.29, 0.717) is 19.4 Å². The highest BCUT2D eigenvalue weighted by molar-refractivity contribution is 7.89. The molecule has 0 unspecified atom stereocenters. The normalized spacial score (nSPS) is 22.4. The Hall–Kier alpha value is -1.38. The lowest BCUT2D eigenvalue weighted by molar-refractivity contribution is 0.0453. The Bertz CT molecular complexity index is 602. The lowest BCUT2D eigenvalue weighted by Crippen LogP contribution is -2.38. The molecule has 1 amide bonds. The van der Waals surface area contributed by atoms with Gasteiger partial charge in [0, 0.05) is 26.8 Å². The number of nitrogens with one attached hydrogen (secondary N) is 2. The van der Waals surface area contributed by atoms with Crippen LogP contribution in [0.5, 0.6) is 0 Å². The van der Waals surface area contributed by atoms with Gasteiger partial charge in [-0.15, -0.1) is 0 Å². The molecule has 7 nitrogen and oxygen atoms in total. The average molecular weight is 301 g/mol. The summed E-state index contributed by atoms with van der Waals surface area (Å²) >= 11 is 0. The standard InChI is InChI=1S/C12H19N3O4S/c1-13-12(17)11-5-10(7-15(11)2)20(18,19)14-6-8-3-9(16)4-8/h5,7-9,14,16H,3-4,6H2,1-2H3,(H,13,17). The molecular formula is C12H19N3O4S. The molecule has 1 aromatic rings. The quantitative estimate of drug-likeness (QED) is 0.678. The van der Waals surface area contributed by atoms with Crippen molar-refractivity contribution in [3.63, 3.8) is 0 Å². The maximum atomic E-state index is 12.1. The van der Waals surface area contributed by atoms with Gasteiger partial charge in [0.2, 0.25) is 10.0 Å². The minimum absolute atomic E-state index is 0.0680. The highest BCUT2D eigenvalue weighted by Gasteiger charge is 2.29. The van der Waals surface area contributed by atoms with Crippen molar-refractivity contribution in [1.82, 2.24) is 14.6 Å². The number of amides is 1. The van der Waals surface area contributed by atoms with E-state index in [1.165, 1.54) is 23.9 Å². The van der Waals surface area contributed by atoms with Crippen LogP contribution in [0.15, 0.2) is 17.2 Å². The minimum atomic E-state index is -3.62. The van der Waals surface area contributed by atoms with Crippen LogP contribution in [0.1, 0.15) is 23.3 Å². The molecule has 112 valence electrons. The van der Waals surface area contributed by atoms with E-state index in [1.54, 1.807) is 7.05 Å². The molecule has 1 aliphatic carbocycles. The lowest BCUT2D eigenvalue weighted by Gasteiger charge is -2.31. The number of aryl methyl sites for hydroxylation is 1. The van der Waals surface area contributed by atoms with Gasteiger partial charge in [-0.2, -0.15) is 0 Å². The monoisotopic (exact) mass is 301 g/mol. The molecule has 0 saturated heterocycles. The molecule has 0 spiro atoms. The number of carbonyl (C=O) groups is 1. The first kappa shape index (κ1) is 15.0. The zero-order valence-corrected chi connectivity index (χ0v) is 12.3. The summed E-state index contributed by atoms with van der Waals surface area (Å²) in [5.41, 5.74) is 0.284. The van der Waals surface area contributed by atoms with Crippen LogP contribution in [0.3, 0.4) is 0 Å². The van der Waals surface area contributed by atoms with Crippen LogP contribution in [0, 0.1) is 5.92 Å². The highest BCUT2D eigenvalue weighted by Crippen LogP contribution is 2.26. The molecule has 1 aromatic heterocycles. The Morgan fingerprint density at radius 3 is 2.70 bits per heavy atom. The third kappa shape index (κ3) is 3.02. The third-order valence-electron chi connectivity index (χ3n) is 3.52. The van der Waals surface area contributed by atoms with Crippen LogP contribution in [0.2, 0.25) is 0 Å². The van der Waals surface area contributed by atoms with E-state index in [0.717, 1.165) is 0 Å². The van der Waals surface area contributed by atoms with Gasteiger partial charge in [0.25, 0.3) is 5.91 Å². The molecule has 0 bridgehead atoms. The van der Waals surface area contributed by atoms with Gasteiger partial charge in [0.05, 0.1) is 6.10 Å². The van der Waals surface area contributed by atoms with Crippen LogP contribution >= 0.6 is 0 Å². The maximum Gasteiger partial charge on any atom is 0.267 e. The van der Waals surface area contributed by atoms with E-state index in [9.17, 15) is 13.2 Å². The van der Waals surface area contributed by atoms with Gasteiger partial charge in [0.1, 0.15) is 10.6 Å². The molecule has 1 saturated carbocycles. The highest BCUT2D eigenvalue weighted by atomic mass is 32.2. The zero-order valence-electron chi connectivity index (χ0n) is 11.5. The number of rotatable bonds is 5. The van der Waals surface area contributed by atoms with Crippen molar-refractivity contribution in [2.75, 3.05) is 13.6 Å². The number of aromatic nitrogens is 1. The fourth-order valence-electron chi connectivity index (χ4n) is 2.21. The molecular weight excluding hydrogens is 282 g/mol. The molecule has 1 aliphatic rings. The third-order valence-corrected chi connectivity index (χ3v) is 4.91. The molecule has 3 N–H and O–H groups in total. The summed E-state index contributed by atoms with van der Waals surface area (Å²) in [6.07, 6.45) is 2.35. The van der Waals surface area contributed by atoms with Crippen molar-refractivity contribution in [3.8, 4) is 0 Å². The molecule has 1 heterocycles. The molecule has 1 fully saturated rings. The fourth-order valence-corrected chi connectivity index (χ4v) is 3.40.